The Balaban J connectivity index is 2.75. The van der Waals surface area contributed by atoms with Gasteiger partial charge in [0.05, 0.1) is 0 Å². The fourth-order valence-corrected chi connectivity index (χ4v) is 0.867. The Morgan fingerprint density at radius 3 is 2.80 bits per heavy atom. The summed E-state index contributed by atoms with van der Waals surface area (Å²) in [7, 11) is 3.92. The first kappa shape index (κ1) is 7.16. The van der Waals surface area contributed by atoms with Crippen LogP contribution in [0.2, 0.25) is 0 Å². The molecule has 0 aromatic heterocycles. The van der Waals surface area contributed by atoms with Crippen LogP contribution in [0.1, 0.15) is 0 Å². The zero-order valence-corrected chi connectivity index (χ0v) is 6.31. The van der Waals surface area contributed by atoms with E-state index in [1.165, 1.54) is 5.46 Å². The third-order valence-corrected chi connectivity index (χ3v) is 1.29. The summed E-state index contributed by atoms with van der Waals surface area (Å²) in [4.78, 5) is 0. The lowest BCUT2D eigenvalue weighted by Gasteiger charge is -2.03. The summed E-state index contributed by atoms with van der Waals surface area (Å²) >= 11 is 0. The van der Waals surface area contributed by atoms with Gasteiger partial charge in [-0.05, 0) is 12.1 Å². The summed E-state index contributed by atoms with van der Waals surface area (Å²) < 4.78 is 0. The first-order chi connectivity index (χ1) is 4.83. The van der Waals surface area contributed by atoms with Gasteiger partial charge in [0.15, 0.2) is 0 Å². The number of hydrogen-bond donors (Lipinski definition) is 2. The summed E-state index contributed by atoms with van der Waals surface area (Å²) in [5, 5.41) is 0. The van der Waals surface area contributed by atoms with Crippen LogP contribution >= 0.6 is 0 Å². The lowest BCUT2D eigenvalue weighted by Crippen LogP contribution is -2.16. The van der Waals surface area contributed by atoms with Crippen molar-refractivity contribution >= 4 is 19.0 Å². The highest BCUT2D eigenvalue weighted by molar-refractivity contribution is 6.32. The fourth-order valence-electron chi connectivity index (χ4n) is 0.867. The van der Waals surface area contributed by atoms with Crippen LogP contribution in [-0.2, 0) is 0 Å². The van der Waals surface area contributed by atoms with Crippen molar-refractivity contribution in [2.75, 3.05) is 12.5 Å². The minimum absolute atomic E-state index is 1.10. The molecule has 0 saturated heterocycles. The first-order valence-electron chi connectivity index (χ1n) is 3.32. The van der Waals surface area contributed by atoms with E-state index in [4.69, 9.17) is 0 Å². The van der Waals surface area contributed by atoms with Crippen LogP contribution in [0.3, 0.4) is 0 Å². The van der Waals surface area contributed by atoms with Crippen LogP contribution in [0.25, 0.3) is 0 Å². The second-order valence-corrected chi connectivity index (χ2v) is 2.24. The molecular weight excluding hydrogens is 123 g/mol. The number of nitrogens with one attached hydrogen (secondary N) is 2. The van der Waals surface area contributed by atoms with Crippen LogP contribution in [0, 0.1) is 0 Å². The standard InChI is InChI=1S/C7H11BN2/c1-9-10-7-4-2-3-6(8)5-7/h2-5,9-10H,8H2,1H3. The van der Waals surface area contributed by atoms with Crippen molar-refractivity contribution in [3.8, 4) is 0 Å². The van der Waals surface area contributed by atoms with E-state index in [9.17, 15) is 0 Å². The van der Waals surface area contributed by atoms with Crippen molar-refractivity contribution < 1.29 is 0 Å². The Labute approximate surface area is 62.0 Å². The minimum Gasteiger partial charge on any atom is -0.322 e. The molecule has 0 spiro atoms. The van der Waals surface area contributed by atoms with Gasteiger partial charge in [-0.15, -0.1) is 0 Å². The van der Waals surface area contributed by atoms with E-state index in [2.05, 4.69) is 30.8 Å². The van der Waals surface area contributed by atoms with Crippen molar-refractivity contribution in [3.63, 3.8) is 0 Å². The SMILES string of the molecule is Bc1cccc(NNC)c1. The van der Waals surface area contributed by atoms with Crippen molar-refractivity contribution in [2.45, 2.75) is 0 Å². The van der Waals surface area contributed by atoms with Crippen LogP contribution in [0.5, 0.6) is 0 Å². The summed E-state index contributed by atoms with van der Waals surface area (Å²) in [6, 6.07) is 8.19. The zero-order valence-electron chi connectivity index (χ0n) is 6.31. The molecule has 3 heteroatoms. The van der Waals surface area contributed by atoms with E-state index in [0.29, 0.717) is 0 Å². The lowest BCUT2D eigenvalue weighted by molar-refractivity contribution is 0.985. The second-order valence-electron chi connectivity index (χ2n) is 2.24. The van der Waals surface area contributed by atoms with Gasteiger partial charge in [-0.1, -0.05) is 17.6 Å². The highest BCUT2D eigenvalue weighted by atomic mass is 15.3. The van der Waals surface area contributed by atoms with Crippen LogP contribution in [0.15, 0.2) is 24.3 Å². The number of benzene rings is 1. The smallest absolute Gasteiger partial charge is 0.139 e. The summed E-state index contributed by atoms with van der Waals surface area (Å²) in [6.07, 6.45) is 0. The molecule has 0 saturated carbocycles. The third kappa shape index (κ3) is 1.77. The van der Waals surface area contributed by atoms with Gasteiger partial charge in [0.1, 0.15) is 7.85 Å². The molecule has 52 valence electrons. The van der Waals surface area contributed by atoms with Crippen LogP contribution < -0.4 is 16.3 Å². The molecule has 0 fully saturated rings. The first-order valence-corrected chi connectivity index (χ1v) is 3.32. The Hall–Kier alpha value is -0.955. The number of rotatable bonds is 2. The Morgan fingerprint density at radius 2 is 2.20 bits per heavy atom. The predicted octanol–water partition coefficient (Wildman–Crippen LogP) is -0.509. The zero-order chi connectivity index (χ0) is 7.40. The normalized spacial score (nSPS) is 9.30. The predicted molar refractivity (Wildman–Crippen MR) is 47.3 cm³/mol. The van der Waals surface area contributed by atoms with E-state index in [1.54, 1.807) is 0 Å². The van der Waals surface area contributed by atoms with Crippen molar-refractivity contribution in [1.82, 2.24) is 5.43 Å². The molecule has 0 aliphatic carbocycles. The van der Waals surface area contributed by atoms with Gasteiger partial charge in [0.25, 0.3) is 0 Å². The molecule has 0 amide bonds. The minimum atomic E-state index is 1.10. The van der Waals surface area contributed by atoms with Gasteiger partial charge in [-0.25, -0.2) is 5.43 Å². The maximum atomic E-state index is 3.00. The molecule has 2 N–H and O–H groups in total. The molecule has 0 unspecified atom stereocenters. The average Bonchev–Trinajstić information content (AvgIpc) is 1.88. The van der Waals surface area contributed by atoms with E-state index in [-0.39, 0.29) is 0 Å². The summed E-state index contributed by atoms with van der Waals surface area (Å²) in [5.41, 5.74) is 8.22. The van der Waals surface area contributed by atoms with E-state index < -0.39 is 0 Å². The van der Waals surface area contributed by atoms with Crippen molar-refractivity contribution in [2.24, 2.45) is 0 Å². The average molecular weight is 134 g/mol. The molecule has 1 aromatic carbocycles. The van der Waals surface area contributed by atoms with E-state index >= 15 is 0 Å². The number of hydrogen-bond acceptors (Lipinski definition) is 2. The molecule has 0 atom stereocenters. The van der Waals surface area contributed by atoms with Gasteiger partial charge in [-0.2, -0.15) is 0 Å². The third-order valence-electron chi connectivity index (χ3n) is 1.29. The highest BCUT2D eigenvalue weighted by Gasteiger charge is 1.86. The monoisotopic (exact) mass is 134 g/mol. The maximum Gasteiger partial charge on any atom is 0.139 e. The molecule has 0 radical (unpaired) electrons. The molecule has 0 aliphatic heterocycles. The highest BCUT2D eigenvalue weighted by Crippen LogP contribution is 1.99. The Morgan fingerprint density at radius 1 is 1.40 bits per heavy atom. The topological polar surface area (TPSA) is 24.1 Å². The largest absolute Gasteiger partial charge is 0.322 e. The molecular formula is C7H11BN2. The molecule has 1 rings (SSSR count). The fraction of sp³-hybridized carbons (Fsp3) is 0.143. The van der Waals surface area contributed by atoms with E-state index in [0.717, 1.165) is 5.69 Å². The summed E-state index contributed by atoms with van der Waals surface area (Å²) in [6.45, 7) is 0. The molecule has 0 heterocycles. The van der Waals surface area contributed by atoms with Crippen molar-refractivity contribution in [1.29, 1.82) is 0 Å². The summed E-state index contributed by atoms with van der Waals surface area (Å²) in [5.74, 6) is 0. The Kier molecular flexibility index (Phi) is 2.34. The number of anilines is 1. The van der Waals surface area contributed by atoms with Crippen molar-refractivity contribution in [3.05, 3.63) is 24.3 Å². The van der Waals surface area contributed by atoms with Gasteiger partial charge < -0.3 is 5.43 Å². The van der Waals surface area contributed by atoms with Crippen LogP contribution in [-0.4, -0.2) is 14.9 Å². The van der Waals surface area contributed by atoms with Crippen LogP contribution in [0.4, 0.5) is 5.69 Å². The van der Waals surface area contributed by atoms with Gasteiger partial charge in [-0.3, -0.25) is 0 Å². The second kappa shape index (κ2) is 3.27. The van der Waals surface area contributed by atoms with Gasteiger partial charge in [0.2, 0.25) is 0 Å². The maximum absolute atomic E-state index is 3.00. The quantitative estimate of drug-likeness (QED) is 0.420. The molecule has 2 nitrogen and oxygen atoms in total. The Bertz CT molecular complexity index is 213. The van der Waals surface area contributed by atoms with E-state index in [1.807, 2.05) is 19.2 Å². The molecule has 0 bridgehead atoms. The molecule has 10 heavy (non-hydrogen) atoms. The lowest BCUT2D eigenvalue weighted by atomic mass is 9.96. The number of hydrazine groups is 1. The molecule has 1 aromatic rings. The van der Waals surface area contributed by atoms with Gasteiger partial charge in [0, 0.05) is 12.7 Å². The molecule has 0 aliphatic rings. The van der Waals surface area contributed by atoms with Gasteiger partial charge >= 0.3 is 0 Å².